The van der Waals surface area contributed by atoms with Crippen LogP contribution in [-0.2, 0) is 10.0 Å². The number of hydrogen-bond acceptors (Lipinski definition) is 6. The van der Waals surface area contributed by atoms with Crippen LogP contribution in [0.4, 0.5) is 0 Å². The zero-order valence-electron chi connectivity index (χ0n) is 21.5. The monoisotopic (exact) mass is 513 g/mol. The molecule has 0 bridgehead atoms. The summed E-state index contributed by atoms with van der Waals surface area (Å²) in [5.41, 5.74) is 0.842. The number of ether oxygens (including phenoxy) is 1. The molecule has 2 aromatic rings. The van der Waals surface area contributed by atoms with Gasteiger partial charge in [0.15, 0.2) is 0 Å². The van der Waals surface area contributed by atoms with Crippen LogP contribution < -0.4 is 4.74 Å². The highest BCUT2D eigenvalue weighted by atomic mass is 32.2. The van der Waals surface area contributed by atoms with Crippen LogP contribution in [0.1, 0.15) is 50.0 Å². The van der Waals surface area contributed by atoms with Gasteiger partial charge in [-0.15, -0.1) is 0 Å². The molecule has 0 radical (unpaired) electrons. The number of rotatable bonds is 7. The molecule has 2 heterocycles. The number of pyridine rings is 1. The van der Waals surface area contributed by atoms with Gasteiger partial charge in [-0.2, -0.15) is 4.31 Å². The number of likely N-dealkylation sites (N-methyl/N-ethyl adjacent to an activating group) is 1. The number of carbonyl (C=O) groups excluding carboxylic acids is 1. The molecule has 36 heavy (non-hydrogen) atoms. The summed E-state index contributed by atoms with van der Waals surface area (Å²) >= 11 is 0. The van der Waals surface area contributed by atoms with E-state index in [9.17, 15) is 18.3 Å². The minimum absolute atomic E-state index is 0.0605. The molecule has 3 rings (SSSR count). The summed E-state index contributed by atoms with van der Waals surface area (Å²) in [6, 6.07) is 9.44. The van der Waals surface area contributed by atoms with Crippen molar-refractivity contribution in [3.05, 3.63) is 53.7 Å². The van der Waals surface area contributed by atoms with Crippen molar-refractivity contribution in [3.8, 4) is 17.7 Å². The Balaban J connectivity index is 1.97. The molecular formula is C27H35N3O5S. The van der Waals surface area contributed by atoms with Crippen molar-refractivity contribution in [1.82, 2.24) is 14.2 Å². The Kier molecular flexibility index (Phi) is 9.12. The van der Waals surface area contributed by atoms with Gasteiger partial charge in [0.1, 0.15) is 11.7 Å². The number of carbonyl (C=O) groups is 1. The van der Waals surface area contributed by atoms with Crippen molar-refractivity contribution >= 4 is 15.9 Å². The highest BCUT2D eigenvalue weighted by Crippen LogP contribution is 2.28. The quantitative estimate of drug-likeness (QED) is 0.572. The molecule has 0 saturated carbocycles. The van der Waals surface area contributed by atoms with Gasteiger partial charge < -0.3 is 14.7 Å². The number of benzene rings is 1. The molecule has 1 aromatic heterocycles. The first-order valence-corrected chi connectivity index (χ1v) is 13.6. The van der Waals surface area contributed by atoms with Crippen LogP contribution >= 0.6 is 0 Å². The van der Waals surface area contributed by atoms with Gasteiger partial charge in [-0.3, -0.25) is 4.79 Å². The van der Waals surface area contributed by atoms with Gasteiger partial charge in [-0.25, -0.2) is 13.4 Å². The Morgan fingerprint density at radius 2 is 1.94 bits per heavy atom. The summed E-state index contributed by atoms with van der Waals surface area (Å²) < 4.78 is 33.7. The van der Waals surface area contributed by atoms with Gasteiger partial charge in [0.05, 0.1) is 24.1 Å². The topological polar surface area (TPSA) is 100 Å². The molecule has 0 unspecified atom stereocenters. The largest absolute Gasteiger partial charge is 0.472 e. The Hall–Kier alpha value is -2.93. The van der Waals surface area contributed by atoms with Crippen molar-refractivity contribution in [2.24, 2.45) is 11.8 Å². The smallest absolute Gasteiger partial charge is 0.259 e. The first-order chi connectivity index (χ1) is 17.0. The van der Waals surface area contributed by atoms with E-state index in [1.807, 2.05) is 6.92 Å². The SMILES string of the molecule is CC(C)CC#Cc1cnc2c(c1)C(=O)N([C@@H](C)CO)C[C@@H](C)[C@@H](CN(C)S(=O)(=O)c1ccccc1)O2. The van der Waals surface area contributed by atoms with Crippen molar-refractivity contribution in [1.29, 1.82) is 0 Å². The Morgan fingerprint density at radius 1 is 1.25 bits per heavy atom. The average Bonchev–Trinajstić information content (AvgIpc) is 2.86. The summed E-state index contributed by atoms with van der Waals surface area (Å²) in [4.78, 5) is 19.7. The molecule has 0 spiro atoms. The third-order valence-electron chi connectivity index (χ3n) is 6.15. The van der Waals surface area contributed by atoms with E-state index in [-0.39, 0.29) is 47.9 Å². The van der Waals surface area contributed by atoms with E-state index in [1.165, 1.54) is 11.4 Å². The second kappa shape index (κ2) is 11.9. The van der Waals surface area contributed by atoms with E-state index < -0.39 is 22.2 Å². The Morgan fingerprint density at radius 3 is 2.58 bits per heavy atom. The molecule has 8 nitrogen and oxygen atoms in total. The predicted molar refractivity (Wildman–Crippen MR) is 138 cm³/mol. The fraction of sp³-hybridized carbons (Fsp3) is 0.481. The molecule has 1 aliphatic heterocycles. The van der Waals surface area contributed by atoms with E-state index in [2.05, 4.69) is 30.7 Å². The van der Waals surface area contributed by atoms with Gasteiger partial charge in [-0.1, -0.05) is 50.8 Å². The van der Waals surface area contributed by atoms with Crippen LogP contribution in [0.5, 0.6) is 5.88 Å². The van der Waals surface area contributed by atoms with Gasteiger partial charge in [-0.05, 0) is 31.0 Å². The molecule has 0 aliphatic carbocycles. The summed E-state index contributed by atoms with van der Waals surface area (Å²) in [6.45, 7) is 7.97. The highest BCUT2D eigenvalue weighted by Gasteiger charge is 2.35. The zero-order chi connectivity index (χ0) is 26.5. The minimum atomic E-state index is -3.74. The number of aromatic nitrogens is 1. The molecule has 3 atom stereocenters. The lowest BCUT2D eigenvalue weighted by Crippen LogP contribution is -2.50. The maximum absolute atomic E-state index is 13.5. The number of hydrogen-bond donors (Lipinski definition) is 1. The maximum Gasteiger partial charge on any atom is 0.259 e. The van der Waals surface area contributed by atoms with Crippen molar-refractivity contribution in [2.75, 3.05) is 26.7 Å². The fourth-order valence-electron chi connectivity index (χ4n) is 3.87. The summed E-state index contributed by atoms with van der Waals surface area (Å²) in [7, 11) is -2.22. The lowest BCUT2D eigenvalue weighted by atomic mass is 10.00. The fourth-order valence-corrected chi connectivity index (χ4v) is 5.07. The van der Waals surface area contributed by atoms with Gasteiger partial charge in [0.25, 0.3) is 5.91 Å². The number of fused-ring (bicyclic) bond motifs is 1. The van der Waals surface area contributed by atoms with Crippen molar-refractivity contribution < 1.29 is 23.1 Å². The van der Waals surface area contributed by atoms with Crippen molar-refractivity contribution in [3.63, 3.8) is 0 Å². The third kappa shape index (κ3) is 6.44. The van der Waals surface area contributed by atoms with Crippen LogP contribution in [0.25, 0.3) is 0 Å². The van der Waals surface area contributed by atoms with E-state index in [0.29, 0.717) is 11.5 Å². The molecular weight excluding hydrogens is 478 g/mol. The normalized spacial score (nSPS) is 19.1. The second-order valence-corrected chi connectivity index (χ2v) is 11.7. The highest BCUT2D eigenvalue weighted by molar-refractivity contribution is 7.89. The van der Waals surface area contributed by atoms with Crippen LogP contribution in [-0.4, -0.2) is 72.5 Å². The molecule has 0 fully saturated rings. The Bertz CT molecular complexity index is 1220. The second-order valence-electron chi connectivity index (χ2n) is 9.70. The molecule has 194 valence electrons. The van der Waals surface area contributed by atoms with Gasteiger partial charge in [0, 0.05) is 37.7 Å². The summed E-state index contributed by atoms with van der Waals surface area (Å²) in [5.74, 6) is 6.17. The van der Waals surface area contributed by atoms with Gasteiger partial charge in [0.2, 0.25) is 15.9 Å². The van der Waals surface area contributed by atoms with Crippen molar-refractivity contribution in [2.45, 2.75) is 51.2 Å². The third-order valence-corrected chi connectivity index (χ3v) is 7.99. The van der Waals surface area contributed by atoms with E-state index >= 15 is 0 Å². The molecule has 0 saturated heterocycles. The molecule has 1 aliphatic rings. The van der Waals surface area contributed by atoms with Crippen LogP contribution in [0.3, 0.4) is 0 Å². The summed E-state index contributed by atoms with van der Waals surface area (Å²) in [6.07, 6.45) is 1.70. The number of sulfonamides is 1. The molecule has 1 amide bonds. The van der Waals surface area contributed by atoms with Crippen LogP contribution in [0.2, 0.25) is 0 Å². The number of nitrogens with zero attached hydrogens (tertiary/aromatic N) is 3. The predicted octanol–water partition coefficient (Wildman–Crippen LogP) is 3.02. The number of aliphatic hydroxyl groups excluding tert-OH is 1. The zero-order valence-corrected chi connectivity index (χ0v) is 22.3. The number of aliphatic hydroxyl groups is 1. The van der Waals surface area contributed by atoms with E-state index in [1.54, 1.807) is 54.4 Å². The van der Waals surface area contributed by atoms with E-state index in [4.69, 9.17) is 4.74 Å². The molecule has 1 aromatic carbocycles. The van der Waals surface area contributed by atoms with Gasteiger partial charge >= 0.3 is 0 Å². The molecule has 9 heteroatoms. The lowest BCUT2D eigenvalue weighted by molar-refractivity contribution is 0.0373. The Labute approximate surface area is 214 Å². The number of amides is 1. The molecule has 1 N–H and O–H groups in total. The summed E-state index contributed by atoms with van der Waals surface area (Å²) in [5, 5.41) is 9.82. The first kappa shape index (κ1) is 27.7. The maximum atomic E-state index is 13.5. The average molecular weight is 514 g/mol. The lowest BCUT2D eigenvalue weighted by Gasteiger charge is -2.37. The first-order valence-electron chi connectivity index (χ1n) is 12.1. The minimum Gasteiger partial charge on any atom is -0.472 e. The van der Waals surface area contributed by atoms with Crippen LogP contribution in [0.15, 0.2) is 47.5 Å². The van der Waals surface area contributed by atoms with E-state index in [0.717, 1.165) is 6.42 Å². The van der Waals surface area contributed by atoms with Crippen LogP contribution in [0, 0.1) is 23.7 Å². The standard InChI is InChI=1S/C27H35N3O5S/c1-19(2)10-9-11-22-14-24-26(28-15-22)35-25(20(3)16-30(27(24)32)21(4)18-31)17-29(5)36(33,34)23-12-7-6-8-13-23/h6-8,12-15,19-21,25,31H,10,16-18H2,1-5H3/t20-,21+,25-/m1/s1.